The minimum Gasteiger partial charge on any atom is -0.483 e. The van der Waals surface area contributed by atoms with Gasteiger partial charge in [0.15, 0.2) is 6.61 Å². The van der Waals surface area contributed by atoms with Crippen LogP contribution >= 0.6 is 11.6 Å². The van der Waals surface area contributed by atoms with Crippen LogP contribution in [-0.2, 0) is 4.79 Å². The molecule has 0 aliphatic carbocycles. The number of anilines is 1. The van der Waals surface area contributed by atoms with Gasteiger partial charge in [-0.25, -0.2) is 4.98 Å². The molecule has 0 radical (unpaired) electrons. The first-order valence-corrected chi connectivity index (χ1v) is 7.55. The normalized spacial score (nSPS) is 10.7. The highest BCUT2D eigenvalue weighted by molar-refractivity contribution is 6.29. The van der Waals surface area contributed by atoms with Gasteiger partial charge in [0.1, 0.15) is 5.75 Å². The molecule has 2 aromatic carbocycles. The smallest absolute Gasteiger partial charge is 0.262 e. The highest BCUT2D eigenvalue weighted by atomic mass is 35.5. The second-order valence-electron chi connectivity index (χ2n) is 5.29. The van der Waals surface area contributed by atoms with Crippen molar-refractivity contribution in [3.8, 4) is 5.75 Å². The Morgan fingerprint density at radius 2 is 2.13 bits per heavy atom. The van der Waals surface area contributed by atoms with E-state index in [1.54, 1.807) is 18.2 Å². The summed E-state index contributed by atoms with van der Waals surface area (Å²) in [6, 6.07) is 11.1. The zero-order valence-electron chi connectivity index (χ0n) is 12.8. The van der Waals surface area contributed by atoms with E-state index in [-0.39, 0.29) is 12.5 Å². The van der Waals surface area contributed by atoms with Crippen molar-refractivity contribution >= 4 is 34.2 Å². The number of ether oxygens (including phenoxy) is 1. The summed E-state index contributed by atoms with van der Waals surface area (Å²) in [5.74, 6) is 0.492. The number of imidazole rings is 1. The number of hydrogen-bond donors (Lipinski definition) is 2. The van der Waals surface area contributed by atoms with Crippen LogP contribution in [-0.4, -0.2) is 22.5 Å². The van der Waals surface area contributed by atoms with E-state index in [0.29, 0.717) is 11.0 Å². The van der Waals surface area contributed by atoms with Crippen molar-refractivity contribution < 1.29 is 9.53 Å². The third-order valence-electron chi connectivity index (χ3n) is 3.65. The van der Waals surface area contributed by atoms with Crippen LogP contribution in [0.4, 0.5) is 5.69 Å². The zero-order valence-corrected chi connectivity index (χ0v) is 13.6. The quantitative estimate of drug-likeness (QED) is 0.764. The van der Waals surface area contributed by atoms with Gasteiger partial charge >= 0.3 is 0 Å². The maximum Gasteiger partial charge on any atom is 0.262 e. The fourth-order valence-corrected chi connectivity index (χ4v) is 2.47. The highest BCUT2D eigenvalue weighted by Gasteiger charge is 2.08. The number of H-pyrrole nitrogens is 1. The molecule has 0 saturated heterocycles. The Hall–Kier alpha value is -2.53. The van der Waals surface area contributed by atoms with E-state index < -0.39 is 0 Å². The lowest BCUT2D eigenvalue weighted by atomic mass is 10.1. The van der Waals surface area contributed by atoms with Gasteiger partial charge in [0.25, 0.3) is 5.91 Å². The number of nitrogens with one attached hydrogen (secondary N) is 2. The monoisotopic (exact) mass is 329 g/mol. The van der Waals surface area contributed by atoms with E-state index in [4.69, 9.17) is 16.3 Å². The minimum atomic E-state index is -0.226. The summed E-state index contributed by atoms with van der Waals surface area (Å²) in [5.41, 5.74) is 4.34. The predicted octanol–water partition coefficient (Wildman–Crippen LogP) is 3.85. The number of carbonyl (C=O) groups is 1. The lowest BCUT2D eigenvalue weighted by molar-refractivity contribution is -0.118. The molecule has 0 atom stereocenters. The van der Waals surface area contributed by atoms with E-state index in [0.717, 1.165) is 27.9 Å². The third kappa shape index (κ3) is 3.46. The summed E-state index contributed by atoms with van der Waals surface area (Å²) >= 11 is 5.81. The second-order valence-corrected chi connectivity index (χ2v) is 5.65. The molecule has 6 heteroatoms. The molecule has 0 aliphatic heterocycles. The standard InChI is InChI=1S/C17H16ClN3O2/c1-10-4-3-5-15(11(10)2)23-9-16(22)19-12-6-7-13-14(8-12)21-17(18)20-13/h3-8H,9H2,1-2H3,(H,19,22)(H,20,21). The fraction of sp³-hybridized carbons (Fsp3) is 0.176. The van der Waals surface area contributed by atoms with Crippen LogP contribution < -0.4 is 10.1 Å². The lowest BCUT2D eigenvalue weighted by Crippen LogP contribution is -2.20. The average molecular weight is 330 g/mol. The minimum absolute atomic E-state index is 0.0495. The van der Waals surface area contributed by atoms with Gasteiger partial charge in [0.2, 0.25) is 5.28 Å². The van der Waals surface area contributed by atoms with Gasteiger partial charge in [-0.2, -0.15) is 0 Å². The maximum atomic E-state index is 12.0. The summed E-state index contributed by atoms with van der Waals surface area (Å²) in [4.78, 5) is 19.1. The molecular formula is C17H16ClN3O2. The number of nitrogens with zero attached hydrogens (tertiary/aromatic N) is 1. The topological polar surface area (TPSA) is 67.0 Å². The van der Waals surface area contributed by atoms with Gasteiger partial charge in [-0.05, 0) is 60.8 Å². The number of rotatable bonds is 4. The molecule has 1 aromatic heterocycles. The molecule has 0 spiro atoms. The number of hydrogen-bond acceptors (Lipinski definition) is 3. The summed E-state index contributed by atoms with van der Waals surface area (Å²) in [6.07, 6.45) is 0. The predicted molar refractivity (Wildman–Crippen MR) is 91.1 cm³/mol. The Labute approximate surface area is 138 Å². The molecule has 23 heavy (non-hydrogen) atoms. The Kier molecular flexibility index (Phi) is 4.21. The number of carbonyl (C=O) groups excluding carboxylic acids is 1. The van der Waals surface area contributed by atoms with Crippen LogP contribution in [0.2, 0.25) is 5.28 Å². The van der Waals surface area contributed by atoms with Crippen molar-refractivity contribution in [2.75, 3.05) is 11.9 Å². The first-order chi connectivity index (χ1) is 11.0. The fourth-order valence-electron chi connectivity index (χ4n) is 2.28. The molecule has 3 rings (SSSR count). The molecule has 0 bridgehead atoms. The van der Waals surface area contributed by atoms with Gasteiger partial charge in [-0.1, -0.05) is 12.1 Å². The molecule has 0 aliphatic rings. The third-order valence-corrected chi connectivity index (χ3v) is 3.83. The molecule has 0 fully saturated rings. The van der Waals surface area contributed by atoms with Crippen LogP contribution in [0.3, 0.4) is 0 Å². The molecule has 5 nitrogen and oxygen atoms in total. The molecule has 2 N–H and O–H groups in total. The second kappa shape index (κ2) is 6.30. The SMILES string of the molecule is Cc1cccc(OCC(=O)Nc2ccc3nc(Cl)[nH]c3c2)c1C. The number of aromatic nitrogens is 2. The summed E-state index contributed by atoms with van der Waals surface area (Å²) in [6.45, 7) is 3.93. The van der Waals surface area contributed by atoms with Crippen molar-refractivity contribution in [3.63, 3.8) is 0 Å². The summed E-state index contributed by atoms with van der Waals surface area (Å²) in [7, 11) is 0. The Balaban J connectivity index is 1.65. The summed E-state index contributed by atoms with van der Waals surface area (Å²) in [5, 5.41) is 3.11. The van der Waals surface area contributed by atoms with Crippen molar-refractivity contribution in [2.24, 2.45) is 0 Å². The maximum absolute atomic E-state index is 12.0. The van der Waals surface area contributed by atoms with E-state index in [1.165, 1.54) is 0 Å². The van der Waals surface area contributed by atoms with E-state index in [2.05, 4.69) is 15.3 Å². The van der Waals surface area contributed by atoms with Gasteiger partial charge in [0, 0.05) is 5.69 Å². The Bertz CT molecular complexity index is 873. The van der Waals surface area contributed by atoms with Gasteiger partial charge < -0.3 is 15.0 Å². The first-order valence-electron chi connectivity index (χ1n) is 7.17. The van der Waals surface area contributed by atoms with Crippen LogP contribution in [0.25, 0.3) is 11.0 Å². The zero-order chi connectivity index (χ0) is 16.4. The van der Waals surface area contributed by atoms with Gasteiger partial charge in [-0.3, -0.25) is 4.79 Å². The highest BCUT2D eigenvalue weighted by Crippen LogP contribution is 2.21. The van der Waals surface area contributed by atoms with Crippen LogP contribution in [0.5, 0.6) is 5.75 Å². The van der Waals surface area contributed by atoms with Crippen LogP contribution in [0, 0.1) is 13.8 Å². The first kappa shape index (κ1) is 15.4. The number of fused-ring (bicyclic) bond motifs is 1. The van der Waals surface area contributed by atoms with Crippen LogP contribution in [0.15, 0.2) is 36.4 Å². The number of benzene rings is 2. The van der Waals surface area contributed by atoms with Crippen molar-refractivity contribution in [1.29, 1.82) is 0 Å². The molecule has 0 saturated carbocycles. The van der Waals surface area contributed by atoms with Crippen molar-refractivity contribution in [1.82, 2.24) is 9.97 Å². The van der Waals surface area contributed by atoms with Crippen molar-refractivity contribution in [2.45, 2.75) is 13.8 Å². The van der Waals surface area contributed by atoms with Crippen LogP contribution in [0.1, 0.15) is 11.1 Å². The molecule has 1 amide bonds. The molecule has 3 aromatic rings. The van der Waals surface area contributed by atoms with E-state index in [9.17, 15) is 4.79 Å². The molecule has 0 unspecified atom stereocenters. The van der Waals surface area contributed by atoms with E-state index >= 15 is 0 Å². The van der Waals surface area contributed by atoms with Gasteiger partial charge in [0.05, 0.1) is 11.0 Å². The molecule has 1 heterocycles. The Morgan fingerprint density at radius 1 is 1.30 bits per heavy atom. The molecular weight excluding hydrogens is 314 g/mol. The number of aromatic amines is 1. The number of amides is 1. The van der Waals surface area contributed by atoms with Crippen molar-refractivity contribution in [3.05, 3.63) is 52.8 Å². The summed E-state index contributed by atoms with van der Waals surface area (Å²) < 4.78 is 5.59. The molecule has 118 valence electrons. The van der Waals surface area contributed by atoms with E-state index in [1.807, 2.05) is 32.0 Å². The lowest BCUT2D eigenvalue weighted by Gasteiger charge is -2.11. The average Bonchev–Trinajstić information content (AvgIpc) is 2.88. The largest absolute Gasteiger partial charge is 0.483 e. The number of halogens is 1. The number of aryl methyl sites for hydroxylation is 1. The Morgan fingerprint density at radius 3 is 2.96 bits per heavy atom. The van der Waals surface area contributed by atoms with Gasteiger partial charge in [-0.15, -0.1) is 0 Å².